The summed E-state index contributed by atoms with van der Waals surface area (Å²) in [6.45, 7) is 5.65. The minimum atomic E-state index is -0.386. The van der Waals surface area contributed by atoms with Crippen LogP contribution >= 0.6 is 31.9 Å². The highest BCUT2D eigenvalue weighted by Gasteiger charge is 2.48. The molecule has 0 aromatic rings. The van der Waals surface area contributed by atoms with Gasteiger partial charge in [-0.25, -0.2) is 0 Å². The lowest BCUT2D eigenvalue weighted by molar-refractivity contribution is -0.162. The molecule has 84 valence electrons. The number of carbonyl (C=O) groups excluding carboxylic acids is 1. The zero-order valence-electron chi connectivity index (χ0n) is 8.77. The van der Waals surface area contributed by atoms with E-state index in [4.69, 9.17) is 4.74 Å². The van der Waals surface area contributed by atoms with Crippen LogP contribution < -0.4 is 6.15 Å². The molecule has 0 aromatic carbocycles. The first-order chi connectivity index (χ1) is 5.72. The Bertz CT molecular complexity index is 223. The van der Waals surface area contributed by atoms with Crippen molar-refractivity contribution in [3.8, 4) is 0 Å². The second kappa shape index (κ2) is 4.49. The number of hydrogen-bond acceptors (Lipinski definition) is 3. The Morgan fingerprint density at radius 3 is 2.14 bits per heavy atom. The molecule has 3 nitrogen and oxygen atoms in total. The molecule has 0 spiro atoms. The number of carbonyl (C=O) groups is 1. The summed E-state index contributed by atoms with van der Waals surface area (Å²) in [7, 11) is 0. The van der Waals surface area contributed by atoms with Gasteiger partial charge in [-0.05, 0) is 33.6 Å². The average Bonchev–Trinajstić information content (AvgIpc) is 1.80. The second-order valence-electron chi connectivity index (χ2n) is 4.39. The Hall–Kier alpha value is 0.390. The summed E-state index contributed by atoms with van der Waals surface area (Å²) < 4.78 is 5.06. The summed E-state index contributed by atoms with van der Waals surface area (Å²) in [4.78, 5) is 11.6. The van der Waals surface area contributed by atoms with Crippen molar-refractivity contribution in [1.29, 1.82) is 0 Å². The van der Waals surface area contributed by atoms with E-state index in [9.17, 15) is 4.79 Å². The SMILES string of the molecule is CC(C)(C)OC(=O)C1CCC1(Br)Br.N. The van der Waals surface area contributed by atoms with Gasteiger partial charge < -0.3 is 10.9 Å². The van der Waals surface area contributed by atoms with Crippen molar-refractivity contribution >= 4 is 37.8 Å². The predicted octanol–water partition coefficient (Wildman–Crippen LogP) is 3.39. The molecule has 0 bridgehead atoms. The van der Waals surface area contributed by atoms with Crippen molar-refractivity contribution < 1.29 is 9.53 Å². The lowest BCUT2D eigenvalue weighted by atomic mass is 9.85. The zero-order chi connectivity index (χ0) is 10.3. The second-order valence-corrected chi connectivity index (χ2v) is 8.28. The Kier molecular flexibility index (Phi) is 4.62. The molecule has 0 saturated heterocycles. The molecular weight excluding hydrogens is 314 g/mol. The van der Waals surface area contributed by atoms with Gasteiger partial charge >= 0.3 is 5.97 Å². The van der Waals surface area contributed by atoms with Crippen LogP contribution in [0.25, 0.3) is 0 Å². The molecule has 5 heteroatoms. The van der Waals surface area contributed by atoms with Crippen molar-refractivity contribution in [3.63, 3.8) is 0 Å². The Labute approximate surface area is 102 Å². The van der Waals surface area contributed by atoms with E-state index in [1.165, 1.54) is 0 Å². The molecule has 0 radical (unpaired) electrons. The molecule has 1 atom stereocenters. The molecule has 0 aromatic heterocycles. The van der Waals surface area contributed by atoms with E-state index in [1.54, 1.807) is 0 Å². The summed E-state index contributed by atoms with van der Waals surface area (Å²) in [5.74, 6) is -0.167. The van der Waals surface area contributed by atoms with Crippen LogP contribution in [0.3, 0.4) is 0 Å². The van der Waals surface area contributed by atoms with Gasteiger partial charge in [0.2, 0.25) is 0 Å². The topological polar surface area (TPSA) is 61.3 Å². The van der Waals surface area contributed by atoms with Gasteiger partial charge in [0.05, 0.1) is 9.15 Å². The van der Waals surface area contributed by atoms with Crippen molar-refractivity contribution in [1.82, 2.24) is 6.15 Å². The van der Waals surface area contributed by atoms with Crippen LogP contribution in [0.5, 0.6) is 0 Å². The molecule has 1 saturated carbocycles. The molecule has 1 aliphatic rings. The normalized spacial score (nSPS) is 24.5. The minimum absolute atomic E-state index is 0. The average molecular weight is 331 g/mol. The molecule has 3 N–H and O–H groups in total. The third-order valence-corrected chi connectivity index (χ3v) is 3.87. The maximum atomic E-state index is 11.6. The Morgan fingerprint density at radius 2 is 1.93 bits per heavy atom. The molecule has 0 amide bonds. The predicted molar refractivity (Wildman–Crippen MR) is 64.2 cm³/mol. The highest BCUT2D eigenvalue weighted by atomic mass is 79.9. The molecule has 14 heavy (non-hydrogen) atoms. The van der Waals surface area contributed by atoms with E-state index < -0.39 is 0 Å². The molecular formula is C9H17Br2NO2. The largest absolute Gasteiger partial charge is 0.460 e. The lowest BCUT2D eigenvalue weighted by Crippen LogP contribution is -2.44. The highest BCUT2D eigenvalue weighted by molar-refractivity contribution is 9.25. The van der Waals surface area contributed by atoms with Gasteiger partial charge in [0.15, 0.2) is 0 Å². The van der Waals surface area contributed by atoms with Gasteiger partial charge in [-0.3, -0.25) is 4.79 Å². The number of rotatable bonds is 1. The maximum absolute atomic E-state index is 11.6. The molecule has 1 fully saturated rings. The fraction of sp³-hybridized carbons (Fsp3) is 0.889. The first kappa shape index (κ1) is 14.4. The van der Waals surface area contributed by atoms with Crippen LogP contribution in [0.1, 0.15) is 33.6 Å². The number of halogens is 2. The van der Waals surface area contributed by atoms with E-state index in [1.807, 2.05) is 20.8 Å². The molecule has 1 rings (SSSR count). The zero-order valence-corrected chi connectivity index (χ0v) is 11.9. The lowest BCUT2D eigenvalue weighted by Gasteiger charge is -2.39. The third kappa shape index (κ3) is 3.51. The Morgan fingerprint density at radius 1 is 1.43 bits per heavy atom. The summed E-state index contributed by atoms with van der Waals surface area (Å²) in [6, 6.07) is 0. The first-order valence-electron chi connectivity index (χ1n) is 4.33. The van der Waals surface area contributed by atoms with Crippen LogP contribution in [0.4, 0.5) is 0 Å². The molecule has 0 aliphatic heterocycles. The summed E-state index contributed by atoms with van der Waals surface area (Å²) in [5, 5.41) is 0. The van der Waals surface area contributed by atoms with Gasteiger partial charge in [-0.2, -0.15) is 0 Å². The van der Waals surface area contributed by atoms with Gasteiger partial charge in [-0.15, -0.1) is 0 Å². The van der Waals surface area contributed by atoms with Gasteiger partial charge in [0.1, 0.15) is 5.60 Å². The van der Waals surface area contributed by atoms with Crippen LogP contribution in [0.2, 0.25) is 0 Å². The Balaban J connectivity index is 0.00000169. The van der Waals surface area contributed by atoms with E-state index in [-0.39, 0.29) is 26.9 Å². The van der Waals surface area contributed by atoms with Crippen LogP contribution in [0, 0.1) is 5.92 Å². The number of esters is 1. The van der Waals surface area contributed by atoms with E-state index >= 15 is 0 Å². The van der Waals surface area contributed by atoms with Crippen molar-refractivity contribution in [2.75, 3.05) is 0 Å². The standard InChI is InChI=1S/C9H14Br2O2.H3N/c1-8(2,3)13-7(12)6-4-5-9(6,10)11;/h6H,4-5H2,1-3H3;1H3. The number of ether oxygens (including phenoxy) is 1. The smallest absolute Gasteiger partial charge is 0.311 e. The number of alkyl halides is 2. The molecule has 0 heterocycles. The van der Waals surface area contributed by atoms with Gasteiger partial charge in [0, 0.05) is 0 Å². The van der Waals surface area contributed by atoms with Crippen LogP contribution in [-0.4, -0.2) is 14.8 Å². The highest BCUT2D eigenvalue weighted by Crippen LogP contribution is 2.51. The van der Waals surface area contributed by atoms with E-state index in [0.717, 1.165) is 12.8 Å². The summed E-state index contributed by atoms with van der Waals surface area (Å²) in [6.07, 6.45) is 1.86. The minimum Gasteiger partial charge on any atom is -0.460 e. The summed E-state index contributed by atoms with van der Waals surface area (Å²) >= 11 is 6.91. The fourth-order valence-corrected chi connectivity index (χ4v) is 2.46. The van der Waals surface area contributed by atoms with Crippen LogP contribution in [-0.2, 0) is 9.53 Å². The number of hydrogen-bond donors (Lipinski definition) is 1. The maximum Gasteiger partial charge on any atom is 0.311 e. The quantitative estimate of drug-likeness (QED) is 0.592. The summed E-state index contributed by atoms with van der Waals surface area (Å²) in [5.41, 5.74) is -0.386. The fourth-order valence-electron chi connectivity index (χ4n) is 1.17. The van der Waals surface area contributed by atoms with Crippen molar-refractivity contribution in [2.24, 2.45) is 5.92 Å². The van der Waals surface area contributed by atoms with Gasteiger partial charge in [-0.1, -0.05) is 31.9 Å². The molecule has 1 unspecified atom stereocenters. The van der Waals surface area contributed by atoms with E-state index in [2.05, 4.69) is 31.9 Å². The van der Waals surface area contributed by atoms with Crippen LogP contribution in [0.15, 0.2) is 0 Å². The van der Waals surface area contributed by atoms with E-state index in [0.29, 0.717) is 0 Å². The monoisotopic (exact) mass is 329 g/mol. The first-order valence-corrected chi connectivity index (χ1v) is 5.92. The molecule has 1 aliphatic carbocycles. The van der Waals surface area contributed by atoms with Crippen molar-refractivity contribution in [3.05, 3.63) is 0 Å². The van der Waals surface area contributed by atoms with Gasteiger partial charge in [0.25, 0.3) is 0 Å². The third-order valence-electron chi connectivity index (χ3n) is 1.97. The van der Waals surface area contributed by atoms with Crippen molar-refractivity contribution in [2.45, 2.75) is 42.4 Å².